The van der Waals surface area contributed by atoms with Gasteiger partial charge in [-0.25, -0.2) is 0 Å². The SMILES string of the molecule is O=C(c1cccs1)N(Cc1ccccc1OS(=O)(=O)c1cccc(C(F)(F)F)c1)C[C@H]1CCCO1. The molecule has 2 aromatic carbocycles. The number of hydrogen-bond acceptors (Lipinski definition) is 6. The smallest absolute Gasteiger partial charge is 0.379 e. The van der Waals surface area contributed by atoms with Crippen LogP contribution in [0.1, 0.15) is 33.6 Å². The van der Waals surface area contributed by atoms with E-state index in [-0.39, 0.29) is 24.3 Å². The summed E-state index contributed by atoms with van der Waals surface area (Å²) in [6.45, 7) is 0.955. The summed E-state index contributed by atoms with van der Waals surface area (Å²) >= 11 is 1.29. The van der Waals surface area contributed by atoms with E-state index in [4.69, 9.17) is 8.92 Å². The van der Waals surface area contributed by atoms with Crippen LogP contribution < -0.4 is 4.18 Å². The van der Waals surface area contributed by atoms with E-state index < -0.39 is 26.8 Å². The third-order valence-corrected chi connectivity index (χ3v) is 7.54. The molecule has 2 heterocycles. The van der Waals surface area contributed by atoms with Gasteiger partial charge in [-0.05, 0) is 48.6 Å². The molecule has 0 bridgehead atoms. The van der Waals surface area contributed by atoms with E-state index in [1.807, 2.05) is 0 Å². The van der Waals surface area contributed by atoms with Crippen LogP contribution >= 0.6 is 11.3 Å². The van der Waals surface area contributed by atoms with Gasteiger partial charge in [-0.15, -0.1) is 11.3 Å². The topological polar surface area (TPSA) is 72.9 Å². The normalized spacial score (nSPS) is 16.3. The zero-order valence-electron chi connectivity index (χ0n) is 18.4. The van der Waals surface area contributed by atoms with Gasteiger partial charge in [0.25, 0.3) is 5.91 Å². The summed E-state index contributed by atoms with van der Waals surface area (Å²) in [5, 5.41) is 1.79. The summed E-state index contributed by atoms with van der Waals surface area (Å²) in [7, 11) is -4.57. The highest BCUT2D eigenvalue weighted by Gasteiger charge is 2.32. The van der Waals surface area contributed by atoms with Crippen LogP contribution in [0.3, 0.4) is 0 Å². The molecular weight excluding hydrogens is 503 g/mol. The summed E-state index contributed by atoms with van der Waals surface area (Å²) in [4.78, 5) is 14.6. The van der Waals surface area contributed by atoms with Crippen molar-refractivity contribution in [2.45, 2.75) is 36.6 Å². The van der Waals surface area contributed by atoms with E-state index in [0.29, 0.717) is 29.7 Å². The molecule has 1 amide bonds. The first-order chi connectivity index (χ1) is 16.6. The number of benzene rings is 2. The van der Waals surface area contributed by atoms with Crippen molar-refractivity contribution in [3.63, 3.8) is 0 Å². The van der Waals surface area contributed by atoms with Gasteiger partial charge in [0, 0.05) is 25.3 Å². The average molecular weight is 526 g/mol. The summed E-state index contributed by atoms with van der Waals surface area (Å²) in [5.74, 6) is -0.299. The van der Waals surface area contributed by atoms with Crippen LogP contribution in [0.4, 0.5) is 13.2 Å². The van der Waals surface area contributed by atoms with Gasteiger partial charge >= 0.3 is 16.3 Å². The minimum atomic E-state index is -4.70. The number of amides is 1. The largest absolute Gasteiger partial charge is 0.416 e. The van der Waals surface area contributed by atoms with Crippen molar-refractivity contribution in [2.24, 2.45) is 0 Å². The lowest BCUT2D eigenvalue weighted by Crippen LogP contribution is -2.36. The van der Waals surface area contributed by atoms with Crippen molar-refractivity contribution in [2.75, 3.05) is 13.2 Å². The molecular formula is C24H22F3NO5S2. The molecule has 4 rings (SSSR count). The number of halogens is 3. The van der Waals surface area contributed by atoms with Gasteiger partial charge in [0.2, 0.25) is 0 Å². The van der Waals surface area contributed by atoms with Crippen molar-refractivity contribution < 1.29 is 35.3 Å². The Bertz CT molecular complexity index is 1270. The lowest BCUT2D eigenvalue weighted by atomic mass is 10.1. The monoisotopic (exact) mass is 525 g/mol. The lowest BCUT2D eigenvalue weighted by Gasteiger charge is -2.26. The maximum Gasteiger partial charge on any atom is 0.416 e. The van der Waals surface area contributed by atoms with Crippen LogP contribution in [0.5, 0.6) is 5.75 Å². The predicted molar refractivity (Wildman–Crippen MR) is 124 cm³/mol. The van der Waals surface area contributed by atoms with Crippen molar-refractivity contribution in [3.05, 3.63) is 82.0 Å². The predicted octanol–water partition coefficient (Wildman–Crippen LogP) is 5.36. The number of thiophene rings is 1. The first kappa shape index (κ1) is 25.2. The molecule has 1 aliphatic rings. The van der Waals surface area contributed by atoms with E-state index in [1.54, 1.807) is 40.6 Å². The van der Waals surface area contributed by atoms with Crippen molar-refractivity contribution >= 4 is 27.4 Å². The molecule has 0 N–H and O–H groups in total. The third-order valence-electron chi connectivity index (χ3n) is 5.45. The summed E-state index contributed by atoms with van der Waals surface area (Å²) in [6, 6.07) is 13.1. The van der Waals surface area contributed by atoms with Crippen LogP contribution in [-0.4, -0.2) is 38.5 Å². The van der Waals surface area contributed by atoms with E-state index in [1.165, 1.54) is 17.4 Å². The molecule has 0 aliphatic carbocycles. The highest BCUT2D eigenvalue weighted by molar-refractivity contribution is 7.87. The molecule has 0 unspecified atom stereocenters. The average Bonchev–Trinajstić information content (AvgIpc) is 3.53. The van der Waals surface area contributed by atoms with Gasteiger partial charge in [0.15, 0.2) is 0 Å². The fourth-order valence-electron chi connectivity index (χ4n) is 3.73. The molecule has 35 heavy (non-hydrogen) atoms. The number of rotatable bonds is 8. The Labute approximate surface area is 205 Å². The van der Waals surface area contributed by atoms with Crippen LogP contribution in [0.15, 0.2) is 70.9 Å². The van der Waals surface area contributed by atoms with Gasteiger partial charge < -0.3 is 13.8 Å². The zero-order chi connectivity index (χ0) is 25.1. The summed E-state index contributed by atoms with van der Waals surface area (Å²) in [5.41, 5.74) is -0.703. The van der Waals surface area contributed by atoms with Crippen molar-refractivity contribution in [3.8, 4) is 5.75 Å². The fourth-order valence-corrected chi connectivity index (χ4v) is 5.43. The minimum Gasteiger partial charge on any atom is -0.379 e. The van der Waals surface area contributed by atoms with Crippen LogP contribution in [0.25, 0.3) is 0 Å². The van der Waals surface area contributed by atoms with Crippen molar-refractivity contribution in [1.29, 1.82) is 0 Å². The molecule has 1 atom stereocenters. The molecule has 1 aliphatic heterocycles. The standard InChI is InChI=1S/C24H22F3NO5S2/c25-24(26,27)18-7-3-9-20(14-18)35(30,31)33-21-10-2-1-6-17(21)15-28(16-19-8-4-12-32-19)23(29)22-11-5-13-34-22/h1-3,5-7,9-11,13-14,19H,4,8,12,15-16H2/t19-/m1/s1. The summed E-state index contributed by atoms with van der Waals surface area (Å²) in [6.07, 6.45) is -3.15. The minimum absolute atomic E-state index is 0.0326. The molecule has 0 spiro atoms. The number of para-hydroxylation sites is 1. The fraction of sp³-hybridized carbons (Fsp3) is 0.292. The molecule has 0 saturated carbocycles. The van der Waals surface area contributed by atoms with E-state index >= 15 is 0 Å². The number of hydrogen-bond donors (Lipinski definition) is 0. The molecule has 6 nitrogen and oxygen atoms in total. The van der Waals surface area contributed by atoms with Crippen LogP contribution in [0, 0.1) is 0 Å². The molecule has 186 valence electrons. The number of alkyl halides is 3. The lowest BCUT2D eigenvalue weighted by molar-refractivity contribution is -0.137. The van der Waals surface area contributed by atoms with Crippen LogP contribution in [-0.2, 0) is 27.6 Å². The number of nitrogens with zero attached hydrogens (tertiary/aromatic N) is 1. The van der Waals surface area contributed by atoms with E-state index in [0.717, 1.165) is 31.0 Å². The third kappa shape index (κ3) is 6.22. The molecule has 1 aromatic heterocycles. The van der Waals surface area contributed by atoms with Gasteiger partial charge in [-0.1, -0.05) is 30.3 Å². The highest BCUT2D eigenvalue weighted by atomic mass is 32.2. The Balaban J connectivity index is 1.60. The maximum absolute atomic E-state index is 13.2. The summed E-state index contributed by atoms with van der Waals surface area (Å²) < 4.78 is 75.8. The molecule has 0 radical (unpaired) electrons. The Morgan fingerprint density at radius 1 is 1.11 bits per heavy atom. The number of ether oxygens (including phenoxy) is 1. The quantitative estimate of drug-likeness (QED) is 0.371. The van der Waals surface area contributed by atoms with Gasteiger partial charge in [-0.2, -0.15) is 21.6 Å². The molecule has 3 aromatic rings. The molecule has 1 fully saturated rings. The first-order valence-electron chi connectivity index (χ1n) is 10.8. The Morgan fingerprint density at radius 2 is 1.91 bits per heavy atom. The Kier molecular flexibility index (Phi) is 7.48. The van der Waals surface area contributed by atoms with Crippen LogP contribution in [0.2, 0.25) is 0 Å². The Hall–Kier alpha value is -2.89. The van der Waals surface area contributed by atoms with E-state index in [9.17, 15) is 26.4 Å². The van der Waals surface area contributed by atoms with Gasteiger partial charge in [0.05, 0.1) is 16.5 Å². The second-order valence-corrected chi connectivity index (χ2v) is 10.5. The second-order valence-electron chi connectivity index (χ2n) is 7.97. The molecule has 11 heteroatoms. The number of carbonyl (C=O) groups excluding carboxylic acids is 1. The zero-order valence-corrected chi connectivity index (χ0v) is 20.0. The van der Waals surface area contributed by atoms with Gasteiger partial charge in [-0.3, -0.25) is 4.79 Å². The number of carbonyl (C=O) groups is 1. The highest BCUT2D eigenvalue weighted by Crippen LogP contribution is 2.32. The van der Waals surface area contributed by atoms with E-state index in [2.05, 4.69) is 0 Å². The van der Waals surface area contributed by atoms with Crippen molar-refractivity contribution in [1.82, 2.24) is 4.90 Å². The molecule has 1 saturated heterocycles. The second kappa shape index (κ2) is 10.4. The van der Waals surface area contributed by atoms with Gasteiger partial charge in [0.1, 0.15) is 10.6 Å². The maximum atomic E-state index is 13.2. The first-order valence-corrected chi connectivity index (χ1v) is 13.1. The Morgan fingerprint density at radius 3 is 2.60 bits per heavy atom.